The number of carbonyl (C=O) groups excluding carboxylic acids is 1. The molecule has 136 valence electrons. The Balaban J connectivity index is 1.84. The predicted octanol–water partition coefficient (Wildman–Crippen LogP) is 5.32. The van der Waals surface area contributed by atoms with Crippen LogP contribution in [0, 0.1) is 6.92 Å². The first-order chi connectivity index (χ1) is 13.1. The number of amides is 1. The van der Waals surface area contributed by atoms with E-state index in [1.54, 1.807) is 6.07 Å². The van der Waals surface area contributed by atoms with Crippen LogP contribution in [0.1, 0.15) is 29.3 Å². The number of pyridine rings is 1. The molecule has 0 atom stereocenters. The maximum Gasteiger partial charge on any atom is 0.258 e. The number of fused-ring (bicyclic) bond motifs is 2. The van der Waals surface area contributed by atoms with E-state index in [-0.39, 0.29) is 5.91 Å². The van der Waals surface area contributed by atoms with Crippen LogP contribution in [0.2, 0.25) is 0 Å². The summed E-state index contributed by atoms with van der Waals surface area (Å²) in [6.45, 7) is 4.89. The number of carbonyl (C=O) groups is 1. The minimum Gasteiger partial charge on any atom is -0.304 e. The molecule has 4 rings (SSSR count). The fourth-order valence-electron chi connectivity index (χ4n) is 3.16. The normalized spacial score (nSPS) is 11.2. The zero-order valence-electron chi connectivity index (χ0n) is 15.2. The Morgan fingerprint density at radius 3 is 2.78 bits per heavy atom. The van der Waals surface area contributed by atoms with Crippen molar-refractivity contribution in [2.75, 3.05) is 5.32 Å². The number of anilines is 1. The van der Waals surface area contributed by atoms with E-state index in [0.717, 1.165) is 39.4 Å². The zero-order valence-corrected chi connectivity index (χ0v) is 16.7. The lowest BCUT2D eigenvalue weighted by atomic mass is 10.1. The molecule has 0 bridgehead atoms. The monoisotopic (exact) mass is 422 g/mol. The summed E-state index contributed by atoms with van der Waals surface area (Å²) in [5.41, 5.74) is 3.45. The van der Waals surface area contributed by atoms with Gasteiger partial charge in [-0.25, -0.2) is 9.67 Å². The molecule has 6 heteroatoms. The Morgan fingerprint density at radius 2 is 2.00 bits per heavy atom. The number of nitrogens with zero attached hydrogens (tertiary/aromatic N) is 3. The summed E-state index contributed by atoms with van der Waals surface area (Å²) in [7, 11) is 0. The minimum absolute atomic E-state index is 0.199. The molecule has 0 aliphatic rings. The van der Waals surface area contributed by atoms with Gasteiger partial charge in [-0.3, -0.25) is 4.79 Å². The quantitative estimate of drug-likeness (QED) is 0.484. The highest BCUT2D eigenvalue weighted by Crippen LogP contribution is 2.27. The summed E-state index contributed by atoms with van der Waals surface area (Å²) < 4.78 is 2.61. The molecule has 0 fully saturated rings. The number of aryl methyl sites for hydroxylation is 2. The molecule has 5 nitrogen and oxygen atoms in total. The highest BCUT2D eigenvalue weighted by molar-refractivity contribution is 9.10. The van der Waals surface area contributed by atoms with Crippen molar-refractivity contribution in [3.8, 4) is 0 Å². The first kappa shape index (κ1) is 17.7. The molecule has 0 spiro atoms. The number of nitrogens with one attached hydrogen (secondary N) is 1. The lowest BCUT2D eigenvalue weighted by Gasteiger charge is -2.05. The molecule has 2 heterocycles. The Hall–Kier alpha value is -2.73. The smallest absolute Gasteiger partial charge is 0.258 e. The number of halogens is 1. The lowest BCUT2D eigenvalue weighted by Crippen LogP contribution is -2.13. The molecule has 0 radical (unpaired) electrons. The van der Waals surface area contributed by atoms with Gasteiger partial charge in [-0.1, -0.05) is 30.7 Å². The van der Waals surface area contributed by atoms with E-state index in [0.29, 0.717) is 11.4 Å². The van der Waals surface area contributed by atoms with Crippen molar-refractivity contribution in [1.82, 2.24) is 14.8 Å². The van der Waals surface area contributed by atoms with E-state index in [1.807, 2.05) is 28.9 Å². The summed E-state index contributed by atoms with van der Waals surface area (Å²) in [5, 5.41) is 9.47. The second-order valence-corrected chi connectivity index (χ2v) is 7.42. The second-order valence-electron chi connectivity index (χ2n) is 6.56. The van der Waals surface area contributed by atoms with Crippen LogP contribution in [-0.2, 0) is 6.54 Å². The van der Waals surface area contributed by atoms with Crippen molar-refractivity contribution in [2.24, 2.45) is 0 Å². The van der Waals surface area contributed by atoms with Crippen molar-refractivity contribution in [3.05, 3.63) is 64.1 Å². The van der Waals surface area contributed by atoms with Crippen molar-refractivity contribution >= 4 is 49.6 Å². The van der Waals surface area contributed by atoms with Gasteiger partial charge in [0.05, 0.1) is 16.5 Å². The van der Waals surface area contributed by atoms with E-state index < -0.39 is 0 Å². The van der Waals surface area contributed by atoms with E-state index >= 15 is 0 Å². The van der Waals surface area contributed by atoms with Crippen molar-refractivity contribution in [1.29, 1.82) is 0 Å². The average Bonchev–Trinajstić information content (AvgIpc) is 2.97. The number of hydrogen-bond acceptors (Lipinski definition) is 3. The number of aromatic nitrogens is 3. The van der Waals surface area contributed by atoms with Gasteiger partial charge in [-0.2, -0.15) is 5.10 Å². The summed E-state index contributed by atoms with van der Waals surface area (Å²) in [4.78, 5) is 17.5. The van der Waals surface area contributed by atoms with Crippen LogP contribution >= 0.6 is 15.9 Å². The second kappa shape index (κ2) is 7.12. The number of rotatable bonds is 4. The highest BCUT2D eigenvalue weighted by atomic mass is 79.9. The molecule has 2 aromatic heterocycles. The van der Waals surface area contributed by atoms with Gasteiger partial charge in [0.25, 0.3) is 5.91 Å². The van der Waals surface area contributed by atoms with Crippen LogP contribution in [0.15, 0.2) is 53.0 Å². The zero-order chi connectivity index (χ0) is 19.0. The van der Waals surface area contributed by atoms with Crippen molar-refractivity contribution in [2.45, 2.75) is 26.8 Å². The molecule has 0 aliphatic heterocycles. The van der Waals surface area contributed by atoms with E-state index in [4.69, 9.17) is 4.98 Å². The molecular formula is C21H19BrN4O. The maximum absolute atomic E-state index is 12.8. The number of hydrogen-bond donors (Lipinski definition) is 1. The van der Waals surface area contributed by atoms with Crippen LogP contribution in [0.3, 0.4) is 0 Å². The average molecular weight is 423 g/mol. The lowest BCUT2D eigenvalue weighted by molar-refractivity contribution is 0.102. The van der Waals surface area contributed by atoms with E-state index in [2.05, 4.69) is 58.4 Å². The third-order valence-electron chi connectivity index (χ3n) is 4.46. The maximum atomic E-state index is 12.8. The van der Waals surface area contributed by atoms with Crippen LogP contribution in [0.4, 0.5) is 5.82 Å². The Morgan fingerprint density at radius 1 is 1.19 bits per heavy atom. The SMILES string of the molecule is CCCn1nc(NC(=O)c2ccccc2Br)c2cc3cc(C)ccc3nc21. The minimum atomic E-state index is -0.199. The molecular weight excluding hydrogens is 404 g/mol. The van der Waals surface area contributed by atoms with Gasteiger partial charge >= 0.3 is 0 Å². The third kappa shape index (κ3) is 3.32. The third-order valence-corrected chi connectivity index (χ3v) is 5.15. The van der Waals surface area contributed by atoms with Crippen molar-refractivity contribution in [3.63, 3.8) is 0 Å². The fraction of sp³-hybridized carbons (Fsp3) is 0.190. The Labute approximate surface area is 165 Å². The van der Waals surface area contributed by atoms with Gasteiger partial charge in [0.1, 0.15) is 0 Å². The Bertz CT molecular complexity index is 1170. The molecule has 27 heavy (non-hydrogen) atoms. The Kier molecular flexibility index (Phi) is 4.66. The first-order valence-electron chi connectivity index (χ1n) is 8.90. The van der Waals surface area contributed by atoms with Crippen LogP contribution < -0.4 is 5.32 Å². The summed E-state index contributed by atoms with van der Waals surface area (Å²) in [6.07, 6.45) is 0.933. The first-order valence-corrected chi connectivity index (χ1v) is 9.70. The topological polar surface area (TPSA) is 59.8 Å². The fourth-order valence-corrected chi connectivity index (χ4v) is 3.62. The molecule has 1 N–H and O–H groups in total. The number of benzene rings is 2. The highest BCUT2D eigenvalue weighted by Gasteiger charge is 2.17. The van der Waals surface area contributed by atoms with Gasteiger partial charge in [0, 0.05) is 16.4 Å². The molecule has 0 saturated carbocycles. The van der Waals surface area contributed by atoms with Gasteiger partial charge in [-0.15, -0.1) is 0 Å². The van der Waals surface area contributed by atoms with Gasteiger partial charge < -0.3 is 5.32 Å². The van der Waals surface area contributed by atoms with E-state index in [9.17, 15) is 4.79 Å². The molecule has 2 aromatic carbocycles. The van der Waals surface area contributed by atoms with E-state index in [1.165, 1.54) is 5.56 Å². The molecule has 4 aromatic rings. The summed E-state index contributed by atoms with van der Waals surface area (Å²) in [6, 6.07) is 15.6. The van der Waals surface area contributed by atoms with Gasteiger partial charge in [0.2, 0.25) is 0 Å². The summed E-state index contributed by atoms with van der Waals surface area (Å²) in [5.74, 6) is 0.338. The molecule has 0 aliphatic carbocycles. The van der Waals surface area contributed by atoms with Crippen LogP contribution in [-0.4, -0.2) is 20.7 Å². The standard InChI is InChI=1S/C21H19BrN4O/c1-3-10-26-20-16(12-14-11-13(2)8-9-18(14)23-20)19(25-26)24-21(27)15-6-4-5-7-17(15)22/h4-9,11-12H,3,10H2,1-2H3,(H,24,25,27). The van der Waals surface area contributed by atoms with Crippen molar-refractivity contribution < 1.29 is 4.79 Å². The van der Waals surface area contributed by atoms with Gasteiger partial charge in [0.15, 0.2) is 11.5 Å². The largest absolute Gasteiger partial charge is 0.304 e. The predicted molar refractivity (Wildman–Crippen MR) is 112 cm³/mol. The van der Waals surface area contributed by atoms with Crippen LogP contribution in [0.5, 0.6) is 0 Å². The molecule has 0 unspecified atom stereocenters. The summed E-state index contributed by atoms with van der Waals surface area (Å²) >= 11 is 3.43. The van der Waals surface area contributed by atoms with Gasteiger partial charge in [-0.05, 0) is 59.6 Å². The molecule has 0 saturated heterocycles. The molecule has 1 amide bonds. The van der Waals surface area contributed by atoms with Crippen LogP contribution in [0.25, 0.3) is 21.9 Å².